The van der Waals surface area contributed by atoms with Crippen molar-refractivity contribution < 1.29 is 24.2 Å². The molecule has 37 heavy (non-hydrogen) atoms. The molecule has 1 saturated heterocycles. The van der Waals surface area contributed by atoms with E-state index >= 15 is 0 Å². The summed E-state index contributed by atoms with van der Waals surface area (Å²) in [7, 11) is 0. The SMILES string of the molecule is O=C(COCC(=O)N1CCN(C(c2ccccc2)c2ccccc2)CC1)Nc1ccc(Br)cc1C(=O)O. The molecule has 0 aromatic heterocycles. The van der Waals surface area contributed by atoms with Crippen LogP contribution >= 0.6 is 15.9 Å². The maximum atomic E-state index is 12.7. The zero-order valence-corrected chi connectivity index (χ0v) is 21.8. The third-order valence-electron chi connectivity index (χ3n) is 6.21. The summed E-state index contributed by atoms with van der Waals surface area (Å²) in [6, 6.07) is 25.3. The number of piperazine rings is 1. The lowest BCUT2D eigenvalue weighted by atomic mass is 9.96. The Bertz CT molecular complexity index is 1190. The first kappa shape index (κ1) is 26.5. The summed E-state index contributed by atoms with van der Waals surface area (Å²) < 4.78 is 5.93. The van der Waals surface area contributed by atoms with Gasteiger partial charge in [-0.25, -0.2) is 4.79 Å². The van der Waals surface area contributed by atoms with Crippen LogP contribution in [-0.4, -0.2) is 72.1 Å². The smallest absolute Gasteiger partial charge is 0.337 e. The number of carboxylic acid groups (broad SMARTS) is 1. The van der Waals surface area contributed by atoms with Gasteiger partial charge < -0.3 is 20.1 Å². The number of carboxylic acids is 1. The molecular formula is C28H28BrN3O5. The number of nitrogens with one attached hydrogen (secondary N) is 1. The maximum absolute atomic E-state index is 12.7. The van der Waals surface area contributed by atoms with Crippen molar-refractivity contribution >= 4 is 39.4 Å². The Kier molecular flexibility index (Phi) is 9.05. The third-order valence-corrected chi connectivity index (χ3v) is 6.70. The number of anilines is 1. The molecule has 1 aliphatic rings. The van der Waals surface area contributed by atoms with Crippen LogP contribution in [0.2, 0.25) is 0 Å². The second kappa shape index (κ2) is 12.6. The Hall–Kier alpha value is -3.53. The average molecular weight is 566 g/mol. The van der Waals surface area contributed by atoms with E-state index < -0.39 is 11.9 Å². The van der Waals surface area contributed by atoms with E-state index in [1.165, 1.54) is 23.3 Å². The topological polar surface area (TPSA) is 99.2 Å². The van der Waals surface area contributed by atoms with Crippen molar-refractivity contribution in [3.8, 4) is 0 Å². The molecule has 9 heteroatoms. The molecule has 2 N–H and O–H groups in total. The fraction of sp³-hybridized carbons (Fsp3) is 0.250. The molecule has 1 fully saturated rings. The molecular weight excluding hydrogens is 538 g/mol. The van der Waals surface area contributed by atoms with Crippen LogP contribution in [0, 0.1) is 0 Å². The van der Waals surface area contributed by atoms with Gasteiger partial charge in [-0.3, -0.25) is 14.5 Å². The van der Waals surface area contributed by atoms with Crippen molar-refractivity contribution in [2.45, 2.75) is 6.04 Å². The Morgan fingerprint density at radius 2 is 1.46 bits per heavy atom. The van der Waals surface area contributed by atoms with E-state index in [2.05, 4.69) is 50.4 Å². The lowest BCUT2D eigenvalue weighted by Crippen LogP contribution is -2.50. The molecule has 0 unspecified atom stereocenters. The summed E-state index contributed by atoms with van der Waals surface area (Å²) >= 11 is 3.22. The lowest BCUT2D eigenvalue weighted by Gasteiger charge is -2.39. The van der Waals surface area contributed by atoms with Crippen LogP contribution in [0.15, 0.2) is 83.3 Å². The second-order valence-electron chi connectivity index (χ2n) is 8.68. The van der Waals surface area contributed by atoms with E-state index in [1.807, 2.05) is 36.4 Å². The molecule has 1 heterocycles. The van der Waals surface area contributed by atoms with Crippen molar-refractivity contribution in [1.82, 2.24) is 9.80 Å². The maximum Gasteiger partial charge on any atom is 0.337 e. The number of carbonyl (C=O) groups excluding carboxylic acids is 2. The summed E-state index contributed by atoms with van der Waals surface area (Å²) in [4.78, 5) is 40.5. The number of amides is 2. The van der Waals surface area contributed by atoms with Gasteiger partial charge in [0.1, 0.15) is 13.2 Å². The fourth-order valence-corrected chi connectivity index (χ4v) is 4.79. The van der Waals surface area contributed by atoms with Crippen LogP contribution in [0.1, 0.15) is 27.5 Å². The quantitative estimate of drug-likeness (QED) is 0.406. The third kappa shape index (κ3) is 7.03. The first-order valence-corrected chi connectivity index (χ1v) is 12.7. The zero-order valence-electron chi connectivity index (χ0n) is 20.2. The number of rotatable bonds is 9. The Labute approximate surface area is 224 Å². The van der Waals surface area contributed by atoms with Crippen LogP contribution in [0.3, 0.4) is 0 Å². The van der Waals surface area contributed by atoms with Crippen LogP contribution in [-0.2, 0) is 14.3 Å². The fourth-order valence-electron chi connectivity index (χ4n) is 4.43. The van der Waals surface area contributed by atoms with Gasteiger partial charge >= 0.3 is 5.97 Å². The van der Waals surface area contributed by atoms with Gasteiger partial charge in [-0.15, -0.1) is 0 Å². The molecule has 3 aromatic rings. The number of ether oxygens (including phenoxy) is 1. The summed E-state index contributed by atoms with van der Waals surface area (Å²) in [5, 5.41) is 11.8. The van der Waals surface area contributed by atoms with Crippen LogP contribution in [0.4, 0.5) is 5.69 Å². The van der Waals surface area contributed by atoms with Crippen molar-refractivity contribution in [2.24, 2.45) is 0 Å². The van der Waals surface area contributed by atoms with Crippen molar-refractivity contribution in [2.75, 3.05) is 44.7 Å². The first-order valence-electron chi connectivity index (χ1n) is 11.9. The van der Waals surface area contributed by atoms with Crippen molar-refractivity contribution in [1.29, 1.82) is 0 Å². The van der Waals surface area contributed by atoms with Gasteiger partial charge in [0, 0.05) is 30.7 Å². The Balaban J connectivity index is 1.27. The number of nitrogens with zero attached hydrogens (tertiary/aromatic N) is 2. The predicted octanol–water partition coefficient (Wildman–Crippen LogP) is 4.04. The van der Waals surface area contributed by atoms with E-state index in [4.69, 9.17) is 4.74 Å². The normalized spacial score (nSPS) is 13.9. The molecule has 0 saturated carbocycles. The highest BCUT2D eigenvalue weighted by Gasteiger charge is 2.28. The number of hydrogen-bond acceptors (Lipinski definition) is 5. The standard InChI is InChI=1S/C28H28BrN3O5/c29-22-11-12-24(23(17-22)28(35)36)30-25(33)18-37-19-26(34)31-13-15-32(16-14-31)27(20-7-3-1-4-8-20)21-9-5-2-6-10-21/h1-12,17,27H,13-16,18-19H2,(H,30,33)(H,35,36). The molecule has 4 rings (SSSR count). The molecule has 0 atom stereocenters. The van der Waals surface area contributed by atoms with Gasteiger partial charge in [-0.1, -0.05) is 76.6 Å². The highest BCUT2D eigenvalue weighted by atomic mass is 79.9. The van der Waals surface area contributed by atoms with Crippen molar-refractivity contribution in [3.05, 3.63) is 100 Å². The minimum atomic E-state index is -1.16. The van der Waals surface area contributed by atoms with E-state index in [0.29, 0.717) is 30.7 Å². The molecule has 0 bridgehead atoms. The monoisotopic (exact) mass is 565 g/mol. The minimum Gasteiger partial charge on any atom is -0.478 e. The predicted molar refractivity (Wildman–Crippen MR) is 143 cm³/mol. The molecule has 3 aromatic carbocycles. The highest BCUT2D eigenvalue weighted by Crippen LogP contribution is 2.29. The van der Waals surface area contributed by atoms with Gasteiger partial charge in [0.15, 0.2) is 0 Å². The Morgan fingerprint density at radius 1 is 0.865 bits per heavy atom. The van der Waals surface area contributed by atoms with Crippen molar-refractivity contribution in [3.63, 3.8) is 0 Å². The zero-order chi connectivity index (χ0) is 26.2. The van der Waals surface area contributed by atoms with Gasteiger partial charge in [0.25, 0.3) is 0 Å². The largest absolute Gasteiger partial charge is 0.478 e. The molecule has 1 aliphatic heterocycles. The summed E-state index contributed by atoms with van der Waals surface area (Å²) in [6.45, 7) is 1.96. The van der Waals surface area contributed by atoms with Gasteiger partial charge in [0.2, 0.25) is 11.8 Å². The number of halogens is 1. The molecule has 0 radical (unpaired) electrons. The summed E-state index contributed by atoms with van der Waals surface area (Å²) in [5.74, 6) is -1.87. The lowest BCUT2D eigenvalue weighted by molar-refractivity contribution is -0.139. The molecule has 192 valence electrons. The Morgan fingerprint density at radius 3 is 2.03 bits per heavy atom. The number of carbonyl (C=O) groups is 3. The van der Waals surface area contributed by atoms with Crippen LogP contribution < -0.4 is 5.32 Å². The minimum absolute atomic E-state index is 0.0408. The number of aromatic carboxylic acids is 1. The van der Waals surface area contributed by atoms with E-state index in [0.717, 1.165) is 0 Å². The van der Waals surface area contributed by atoms with Gasteiger partial charge in [-0.2, -0.15) is 0 Å². The van der Waals surface area contributed by atoms with Crippen LogP contribution in [0.5, 0.6) is 0 Å². The molecule has 2 amide bonds. The van der Waals surface area contributed by atoms with Gasteiger partial charge in [0.05, 0.1) is 17.3 Å². The number of benzene rings is 3. The molecule has 0 aliphatic carbocycles. The second-order valence-corrected chi connectivity index (χ2v) is 9.59. The average Bonchev–Trinajstić information content (AvgIpc) is 2.91. The van der Waals surface area contributed by atoms with Crippen LogP contribution in [0.25, 0.3) is 0 Å². The van der Waals surface area contributed by atoms with E-state index in [-0.39, 0.29) is 36.4 Å². The highest BCUT2D eigenvalue weighted by molar-refractivity contribution is 9.10. The van der Waals surface area contributed by atoms with Gasteiger partial charge in [-0.05, 0) is 29.3 Å². The summed E-state index contributed by atoms with van der Waals surface area (Å²) in [5.41, 5.74) is 2.54. The molecule has 8 nitrogen and oxygen atoms in total. The summed E-state index contributed by atoms with van der Waals surface area (Å²) in [6.07, 6.45) is 0. The molecule has 0 spiro atoms. The van der Waals surface area contributed by atoms with E-state index in [1.54, 1.807) is 11.0 Å². The number of hydrogen-bond donors (Lipinski definition) is 2. The first-order chi connectivity index (χ1) is 17.9. The van der Waals surface area contributed by atoms with E-state index in [9.17, 15) is 19.5 Å².